The van der Waals surface area contributed by atoms with Crippen molar-refractivity contribution in [3.8, 4) is 0 Å². The molecule has 2 fully saturated rings. The quantitative estimate of drug-likeness (QED) is 0.0324. The highest BCUT2D eigenvalue weighted by atomic mass is 79.9. The lowest BCUT2D eigenvalue weighted by Gasteiger charge is -2.39. The Labute approximate surface area is 463 Å². The number of cyclic esters (lactones) is 1. The van der Waals surface area contributed by atoms with Gasteiger partial charge >= 0.3 is 6.09 Å². The number of aromatic nitrogens is 4. The number of nitrogens with zero attached hydrogens (tertiary/aromatic N) is 7. The van der Waals surface area contributed by atoms with Crippen molar-refractivity contribution in [2.24, 2.45) is 11.7 Å². The van der Waals surface area contributed by atoms with Gasteiger partial charge in [0, 0.05) is 56.8 Å². The minimum atomic E-state index is -3.88. The SMILES string of the molecule is C=CC(=O)N1CCN([C@@H](CC2CC2)c2ccc([C@H](C)Nc3ncc4c(n3)N(CCOC(C)(C)CCOC(C)(C)CCNS(=O)(=O)c3ccc(Nc5ncc(Br)c(Nc6cccc(F)c6C(N)=O)n5)cc3)C(=O)OC4)cc2)CC1. The minimum Gasteiger partial charge on any atom is -0.444 e. The standard InChI is InChI=1S/C55H68BrFN12O8S/c1-7-46(70)68-26-24-67(25-27-68)45(31-36-11-12-36)38-15-13-37(14-16-38)35(2)62-51-59-32-39-34-75-53(72)69(50(39)66-51)28-30-77-55(5,6)22-29-76-54(3,4)21-23-61-78(73,74)41-19-17-40(18-20-41)63-52-60-33-42(56)49(65-52)64-44-10-8-9-43(57)47(44)48(58)71/h7-10,13-20,32-33,35-36,45,61H,1,11-12,21-31,34H2,2-6H3,(H2,58,71)(H,59,62,66)(H2,60,63,64,65)/t35-,45-/m0/s1. The molecule has 0 spiro atoms. The van der Waals surface area contributed by atoms with Crippen molar-refractivity contribution in [3.05, 3.63) is 124 Å². The van der Waals surface area contributed by atoms with Gasteiger partial charge in [-0.2, -0.15) is 9.97 Å². The van der Waals surface area contributed by atoms with Crippen molar-refractivity contribution in [2.45, 2.75) is 102 Å². The van der Waals surface area contributed by atoms with E-state index in [9.17, 15) is 27.2 Å². The minimum absolute atomic E-state index is 0.0117. The summed E-state index contributed by atoms with van der Waals surface area (Å²) >= 11 is 3.35. The fourth-order valence-electron chi connectivity index (χ4n) is 9.20. The summed E-state index contributed by atoms with van der Waals surface area (Å²) in [6.45, 7) is 17.3. The third-order valence-electron chi connectivity index (χ3n) is 14.0. The number of primary amides is 1. The number of ether oxygens (including phenoxy) is 3. The number of piperazine rings is 1. The van der Waals surface area contributed by atoms with Gasteiger partial charge in [0.1, 0.15) is 24.1 Å². The van der Waals surface area contributed by atoms with Crippen molar-refractivity contribution in [1.82, 2.24) is 34.5 Å². The molecule has 78 heavy (non-hydrogen) atoms. The molecule has 0 bridgehead atoms. The van der Waals surface area contributed by atoms with E-state index in [-0.39, 0.29) is 66.2 Å². The number of fused-ring (bicyclic) bond motifs is 1. The van der Waals surface area contributed by atoms with Crippen molar-refractivity contribution in [1.29, 1.82) is 0 Å². The first-order valence-corrected chi connectivity index (χ1v) is 28.3. The van der Waals surface area contributed by atoms with Crippen molar-refractivity contribution >= 4 is 78.8 Å². The van der Waals surface area contributed by atoms with Gasteiger partial charge in [-0.15, -0.1) is 0 Å². The second-order valence-electron chi connectivity index (χ2n) is 20.8. The average Bonchev–Trinajstić information content (AvgIpc) is 4.25. The molecule has 1 saturated heterocycles. The fraction of sp³-hybridized carbons (Fsp3) is 0.436. The van der Waals surface area contributed by atoms with Gasteiger partial charge in [0.05, 0.1) is 63.2 Å². The number of hydrogen-bond acceptors (Lipinski definition) is 16. The molecule has 1 aliphatic carbocycles. The van der Waals surface area contributed by atoms with Crippen molar-refractivity contribution < 1.29 is 41.4 Å². The fourth-order valence-corrected chi connectivity index (χ4v) is 10.5. The van der Waals surface area contributed by atoms with Crippen LogP contribution in [0.5, 0.6) is 0 Å². The van der Waals surface area contributed by atoms with E-state index in [1.54, 1.807) is 18.3 Å². The number of carbonyl (C=O) groups is 3. The number of amides is 3. The van der Waals surface area contributed by atoms with Gasteiger partial charge in [-0.3, -0.25) is 19.4 Å². The Morgan fingerprint density at radius 2 is 1.59 bits per heavy atom. The van der Waals surface area contributed by atoms with E-state index in [4.69, 9.17) is 24.9 Å². The summed E-state index contributed by atoms with van der Waals surface area (Å²) in [5.74, 6) is 0.210. The highest BCUT2D eigenvalue weighted by Crippen LogP contribution is 2.41. The zero-order chi connectivity index (χ0) is 55.8. The Kier molecular flexibility index (Phi) is 18.4. The maximum atomic E-state index is 14.3. The first kappa shape index (κ1) is 57.5. The monoisotopic (exact) mass is 1150 g/mol. The van der Waals surface area contributed by atoms with Crippen LogP contribution in [0.3, 0.4) is 0 Å². The van der Waals surface area contributed by atoms with Crippen LogP contribution in [0.1, 0.15) is 106 Å². The second-order valence-corrected chi connectivity index (χ2v) is 23.5. The maximum absolute atomic E-state index is 14.3. The van der Waals surface area contributed by atoms with E-state index in [1.165, 1.54) is 59.8 Å². The Bertz CT molecular complexity index is 3070. The first-order chi connectivity index (χ1) is 37.2. The molecule has 8 rings (SSSR count). The summed E-state index contributed by atoms with van der Waals surface area (Å²) in [4.78, 5) is 61.1. The number of hydrogen-bond donors (Lipinski definition) is 5. The predicted octanol–water partition coefficient (Wildman–Crippen LogP) is 8.90. The predicted molar refractivity (Wildman–Crippen MR) is 299 cm³/mol. The molecule has 0 unspecified atom stereocenters. The molecule has 0 radical (unpaired) electrons. The molecule has 3 amide bonds. The summed E-state index contributed by atoms with van der Waals surface area (Å²) < 4.78 is 62.0. The molecule has 3 aromatic carbocycles. The van der Waals surface area contributed by atoms with E-state index in [0.717, 1.165) is 37.1 Å². The van der Waals surface area contributed by atoms with E-state index in [0.29, 0.717) is 66.1 Å². The van der Waals surface area contributed by atoms with E-state index < -0.39 is 39.0 Å². The smallest absolute Gasteiger partial charge is 0.415 e. The second kappa shape index (κ2) is 25.0. The molecule has 3 aliphatic rings. The van der Waals surface area contributed by atoms with Crippen LogP contribution in [0, 0.1) is 11.7 Å². The molecule has 2 atom stereocenters. The molecule has 2 aromatic heterocycles. The van der Waals surface area contributed by atoms with Crippen LogP contribution in [-0.4, -0.2) is 120 Å². The molecular formula is C55H68BrFN12O8S. The van der Waals surface area contributed by atoms with Crippen LogP contribution in [0.2, 0.25) is 0 Å². The van der Waals surface area contributed by atoms with Gasteiger partial charge in [-0.1, -0.05) is 49.8 Å². The lowest BCUT2D eigenvalue weighted by atomic mass is 9.96. The summed E-state index contributed by atoms with van der Waals surface area (Å²) in [5, 5.41) is 9.34. The zero-order valence-corrected chi connectivity index (χ0v) is 47.0. The normalized spacial score (nSPS) is 16.0. The number of anilines is 6. The summed E-state index contributed by atoms with van der Waals surface area (Å²) in [6, 6.07) is 18.9. The van der Waals surface area contributed by atoms with Crippen LogP contribution in [0.15, 0.2) is 101 Å². The van der Waals surface area contributed by atoms with Crippen LogP contribution in [0.4, 0.5) is 44.1 Å². The summed E-state index contributed by atoms with van der Waals surface area (Å²) in [5.41, 5.74) is 7.39. The third kappa shape index (κ3) is 15.1. The Morgan fingerprint density at radius 3 is 2.28 bits per heavy atom. The van der Waals surface area contributed by atoms with Gasteiger partial charge in [0.2, 0.25) is 27.8 Å². The number of benzene rings is 3. The van der Waals surface area contributed by atoms with E-state index in [2.05, 4.69) is 94.2 Å². The number of nitrogens with two attached hydrogens (primary N) is 1. The number of sulfonamides is 1. The van der Waals surface area contributed by atoms with Gasteiger partial charge in [0.25, 0.3) is 5.91 Å². The van der Waals surface area contributed by atoms with Crippen LogP contribution < -0.4 is 31.3 Å². The lowest BCUT2D eigenvalue weighted by molar-refractivity contribution is -0.128. The molecule has 23 heteroatoms. The Morgan fingerprint density at radius 1 is 0.910 bits per heavy atom. The average molecular weight is 1160 g/mol. The Balaban J connectivity index is 0.770. The summed E-state index contributed by atoms with van der Waals surface area (Å²) in [7, 11) is -3.88. The molecule has 1 saturated carbocycles. The molecule has 20 nitrogen and oxygen atoms in total. The molecule has 5 aromatic rings. The molecular weight excluding hydrogens is 1090 g/mol. The van der Waals surface area contributed by atoms with E-state index >= 15 is 0 Å². The highest BCUT2D eigenvalue weighted by Gasteiger charge is 2.33. The van der Waals surface area contributed by atoms with Gasteiger partial charge in [-0.05, 0) is 129 Å². The number of nitrogens with one attached hydrogen (secondary N) is 4. The number of halogens is 2. The van der Waals surface area contributed by atoms with Gasteiger partial charge in [0.15, 0.2) is 0 Å². The van der Waals surface area contributed by atoms with Gasteiger partial charge in [-0.25, -0.2) is 32.3 Å². The van der Waals surface area contributed by atoms with Gasteiger partial charge < -0.3 is 40.8 Å². The zero-order valence-electron chi connectivity index (χ0n) is 44.6. The highest BCUT2D eigenvalue weighted by molar-refractivity contribution is 9.10. The van der Waals surface area contributed by atoms with Crippen molar-refractivity contribution in [2.75, 3.05) is 73.3 Å². The largest absolute Gasteiger partial charge is 0.444 e. The third-order valence-corrected chi connectivity index (χ3v) is 16.1. The molecule has 4 heterocycles. The number of carbonyl (C=O) groups excluding carboxylic acids is 3. The van der Waals surface area contributed by atoms with Crippen molar-refractivity contribution in [3.63, 3.8) is 0 Å². The molecule has 416 valence electrons. The van der Waals surface area contributed by atoms with Crippen LogP contribution >= 0.6 is 15.9 Å². The Hall–Kier alpha value is -6.63. The topological polar surface area (TPSA) is 248 Å². The van der Waals surface area contributed by atoms with Crippen LogP contribution in [0.25, 0.3) is 0 Å². The molecule has 6 N–H and O–H groups in total. The first-order valence-electron chi connectivity index (χ1n) is 26.0. The van der Waals surface area contributed by atoms with E-state index in [1.807, 2.05) is 32.6 Å². The number of rotatable bonds is 26. The lowest BCUT2D eigenvalue weighted by Crippen LogP contribution is -2.49. The molecule has 2 aliphatic heterocycles. The summed E-state index contributed by atoms with van der Waals surface area (Å²) in [6.07, 6.45) is 8.55. The van der Waals surface area contributed by atoms with Crippen LogP contribution in [-0.2, 0) is 35.6 Å². The maximum Gasteiger partial charge on any atom is 0.415 e.